The predicted molar refractivity (Wildman–Crippen MR) is 120 cm³/mol. The van der Waals surface area contributed by atoms with E-state index < -0.39 is 12.1 Å². The maximum Gasteiger partial charge on any atom is 0.311 e. The van der Waals surface area contributed by atoms with Crippen LogP contribution in [0.25, 0.3) is 11.0 Å². The molecule has 8 nitrogen and oxygen atoms in total. The number of anilines is 2. The second kappa shape index (κ2) is 9.74. The maximum atomic E-state index is 12.5. The first kappa shape index (κ1) is 21.7. The van der Waals surface area contributed by atoms with E-state index in [0.717, 1.165) is 24.2 Å². The number of rotatable bonds is 7. The summed E-state index contributed by atoms with van der Waals surface area (Å²) in [5.74, 6) is -0.225. The Kier molecular flexibility index (Phi) is 6.61. The Balaban J connectivity index is 1.31. The Morgan fingerprint density at radius 1 is 1.12 bits per heavy atom. The summed E-state index contributed by atoms with van der Waals surface area (Å²) in [4.78, 5) is 27.1. The van der Waals surface area contributed by atoms with Crippen molar-refractivity contribution in [2.45, 2.75) is 19.4 Å². The molecule has 0 bridgehead atoms. The van der Waals surface area contributed by atoms with Crippen molar-refractivity contribution in [3.05, 3.63) is 54.3 Å². The summed E-state index contributed by atoms with van der Waals surface area (Å²) in [6.45, 7) is 4.67. The summed E-state index contributed by atoms with van der Waals surface area (Å²) in [6, 6.07) is 13.0. The number of methoxy groups -OCH3 is 1. The summed E-state index contributed by atoms with van der Waals surface area (Å²) in [7, 11) is 1.58. The molecule has 0 spiro atoms. The number of ether oxygens (including phenoxy) is 3. The molecule has 2 heterocycles. The SMILES string of the molecule is COc1ccc2c(CC(=O)O[C@@H](C)C(=O)Nc3ccc(N4CCOCC4)cc3)coc2c1. The molecular formula is C24H26N2O6. The van der Waals surface area contributed by atoms with Crippen LogP contribution in [0.15, 0.2) is 53.1 Å². The lowest BCUT2D eigenvalue weighted by Crippen LogP contribution is -2.36. The van der Waals surface area contributed by atoms with Gasteiger partial charge in [-0.25, -0.2) is 0 Å². The number of fused-ring (bicyclic) bond motifs is 1. The molecule has 8 heteroatoms. The summed E-state index contributed by atoms with van der Waals surface area (Å²) < 4.78 is 21.4. The molecule has 1 fully saturated rings. The van der Waals surface area contributed by atoms with Gasteiger partial charge in [-0.3, -0.25) is 9.59 Å². The van der Waals surface area contributed by atoms with E-state index >= 15 is 0 Å². The van der Waals surface area contributed by atoms with Crippen LogP contribution in [0.4, 0.5) is 11.4 Å². The highest BCUT2D eigenvalue weighted by Gasteiger charge is 2.20. The van der Waals surface area contributed by atoms with E-state index in [4.69, 9.17) is 18.6 Å². The number of nitrogens with zero attached hydrogens (tertiary/aromatic N) is 1. The highest BCUT2D eigenvalue weighted by Crippen LogP contribution is 2.26. The second-order valence-corrected chi connectivity index (χ2v) is 7.57. The van der Waals surface area contributed by atoms with Crippen LogP contribution >= 0.6 is 0 Å². The third-order valence-corrected chi connectivity index (χ3v) is 5.39. The van der Waals surface area contributed by atoms with Gasteiger partial charge in [-0.2, -0.15) is 0 Å². The lowest BCUT2D eigenvalue weighted by atomic mass is 10.1. The van der Waals surface area contributed by atoms with Crippen molar-refractivity contribution in [3.63, 3.8) is 0 Å². The minimum atomic E-state index is -0.931. The van der Waals surface area contributed by atoms with Gasteiger partial charge in [-0.1, -0.05) is 0 Å². The van der Waals surface area contributed by atoms with Gasteiger partial charge in [0.05, 0.1) is 33.0 Å². The van der Waals surface area contributed by atoms with Crippen molar-refractivity contribution < 1.29 is 28.2 Å². The van der Waals surface area contributed by atoms with Crippen LogP contribution in [-0.4, -0.2) is 51.4 Å². The molecule has 0 saturated carbocycles. The van der Waals surface area contributed by atoms with Crippen molar-refractivity contribution in [1.29, 1.82) is 0 Å². The van der Waals surface area contributed by atoms with Gasteiger partial charge in [0.2, 0.25) is 0 Å². The molecule has 2 aromatic carbocycles. The number of amides is 1. The second-order valence-electron chi connectivity index (χ2n) is 7.57. The number of benzene rings is 2. The molecule has 1 saturated heterocycles. The van der Waals surface area contributed by atoms with Crippen LogP contribution in [0.1, 0.15) is 12.5 Å². The van der Waals surface area contributed by atoms with Crippen molar-refractivity contribution in [3.8, 4) is 5.75 Å². The molecule has 32 heavy (non-hydrogen) atoms. The molecule has 1 aliphatic rings. The fraction of sp³-hybridized carbons (Fsp3) is 0.333. The van der Waals surface area contributed by atoms with Crippen molar-refractivity contribution in [2.75, 3.05) is 43.6 Å². The molecule has 1 aromatic heterocycles. The summed E-state index contributed by atoms with van der Waals surface area (Å²) in [5.41, 5.74) is 3.04. The number of hydrogen-bond donors (Lipinski definition) is 1. The topological polar surface area (TPSA) is 90.2 Å². The molecular weight excluding hydrogens is 412 g/mol. The lowest BCUT2D eigenvalue weighted by molar-refractivity contribution is -0.152. The number of nitrogens with one attached hydrogen (secondary N) is 1. The number of carbonyl (C=O) groups is 2. The number of hydrogen-bond acceptors (Lipinski definition) is 7. The summed E-state index contributed by atoms with van der Waals surface area (Å²) in [5, 5.41) is 3.59. The smallest absolute Gasteiger partial charge is 0.311 e. The largest absolute Gasteiger partial charge is 0.497 e. The monoisotopic (exact) mass is 438 g/mol. The minimum absolute atomic E-state index is 0.00515. The zero-order valence-corrected chi connectivity index (χ0v) is 18.1. The Bertz CT molecular complexity index is 1090. The van der Waals surface area contributed by atoms with Crippen LogP contribution in [0.2, 0.25) is 0 Å². The quantitative estimate of drug-likeness (QED) is 0.566. The molecule has 168 valence electrons. The van der Waals surface area contributed by atoms with Crippen LogP contribution in [0.5, 0.6) is 5.75 Å². The van der Waals surface area contributed by atoms with Gasteiger partial charge in [-0.05, 0) is 43.3 Å². The summed E-state index contributed by atoms with van der Waals surface area (Å²) >= 11 is 0. The van der Waals surface area contributed by atoms with Gasteiger partial charge >= 0.3 is 5.97 Å². The maximum absolute atomic E-state index is 12.5. The van der Waals surface area contributed by atoms with Gasteiger partial charge in [0.25, 0.3) is 5.91 Å². The molecule has 1 amide bonds. The fourth-order valence-corrected chi connectivity index (χ4v) is 3.60. The number of furan rings is 1. The molecule has 1 atom stereocenters. The van der Waals surface area contributed by atoms with Crippen LogP contribution in [-0.2, 0) is 25.5 Å². The van der Waals surface area contributed by atoms with Gasteiger partial charge in [0.15, 0.2) is 6.10 Å². The number of morpholine rings is 1. The van der Waals surface area contributed by atoms with Crippen LogP contribution in [0, 0.1) is 0 Å². The third-order valence-electron chi connectivity index (χ3n) is 5.39. The predicted octanol–water partition coefficient (Wildman–Crippen LogP) is 3.39. The van der Waals surface area contributed by atoms with Gasteiger partial charge in [0.1, 0.15) is 11.3 Å². The van der Waals surface area contributed by atoms with E-state index in [2.05, 4.69) is 10.2 Å². The van der Waals surface area contributed by atoms with Crippen molar-refractivity contribution >= 4 is 34.2 Å². The lowest BCUT2D eigenvalue weighted by Gasteiger charge is -2.28. The Hall–Kier alpha value is -3.52. The van der Waals surface area contributed by atoms with Gasteiger partial charge in [-0.15, -0.1) is 0 Å². The third kappa shape index (κ3) is 5.03. The molecule has 4 rings (SSSR count). The molecule has 0 aliphatic carbocycles. The first-order valence-electron chi connectivity index (χ1n) is 10.5. The first-order chi connectivity index (χ1) is 15.5. The molecule has 1 N–H and O–H groups in total. The van der Waals surface area contributed by atoms with E-state index in [9.17, 15) is 9.59 Å². The highest BCUT2D eigenvalue weighted by atomic mass is 16.5. The van der Waals surface area contributed by atoms with Crippen molar-refractivity contribution in [2.24, 2.45) is 0 Å². The zero-order chi connectivity index (χ0) is 22.5. The van der Waals surface area contributed by atoms with E-state index in [1.54, 1.807) is 26.2 Å². The van der Waals surface area contributed by atoms with Crippen LogP contribution < -0.4 is 15.0 Å². The number of carbonyl (C=O) groups excluding carboxylic acids is 2. The normalized spacial score (nSPS) is 14.8. The Labute approximate surface area is 186 Å². The van der Waals surface area contributed by atoms with E-state index in [1.807, 2.05) is 30.3 Å². The van der Waals surface area contributed by atoms with E-state index in [-0.39, 0.29) is 12.3 Å². The summed E-state index contributed by atoms with van der Waals surface area (Å²) in [6.07, 6.45) is 0.594. The molecule has 0 radical (unpaired) electrons. The fourth-order valence-electron chi connectivity index (χ4n) is 3.60. The van der Waals surface area contributed by atoms with Crippen LogP contribution in [0.3, 0.4) is 0 Å². The highest BCUT2D eigenvalue weighted by molar-refractivity contribution is 5.95. The molecule has 0 unspecified atom stereocenters. The van der Waals surface area contributed by atoms with E-state index in [0.29, 0.717) is 35.8 Å². The minimum Gasteiger partial charge on any atom is -0.497 e. The first-order valence-corrected chi connectivity index (χ1v) is 10.5. The Morgan fingerprint density at radius 2 is 1.88 bits per heavy atom. The standard InChI is InChI=1S/C24H26N2O6/c1-16(24(28)25-18-3-5-19(6-4-18)26-9-11-30-12-10-26)32-23(27)13-17-15-31-22-14-20(29-2)7-8-21(17)22/h3-8,14-16H,9-13H2,1-2H3,(H,25,28)/t16-/m0/s1. The van der Waals surface area contributed by atoms with Gasteiger partial charge in [0, 0.05) is 41.5 Å². The molecule has 3 aromatic rings. The van der Waals surface area contributed by atoms with Crippen molar-refractivity contribution in [1.82, 2.24) is 0 Å². The Morgan fingerprint density at radius 3 is 2.59 bits per heavy atom. The molecule has 1 aliphatic heterocycles. The average molecular weight is 438 g/mol. The average Bonchev–Trinajstić information content (AvgIpc) is 3.21. The van der Waals surface area contributed by atoms with Gasteiger partial charge < -0.3 is 28.8 Å². The van der Waals surface area contributed by atoms with E-state index in [1.165, 1.54) is 6.26 Å². The zero-order valence-electron chi connectivity index (χ0n) is 18.1. The number of esters is 1.